The van der Waals surface area contributed by atoms with Gasteiger partial charge in [-0.2, -0.15) is 0 Å². The summed E-state index contributed by atoms with van der Waals surface area (Å²) in [6.07, 6.45) is 2.28. The fourth-order valence-corrected chi connectivity index (χ4v) is 5.75. The number of aromatic nitrogens is 3. The summed E-state index contributed by atoms with van der Waals surface area (Å²) in [5.41, 5.74) is 6.68. The molecule has 1 unspecified atom stereocenters. The molecule has 0 amide bonds. The van der Waals surface area contributed by atoms with Gasteiger partial charge in [0.05, 0.1) is 32.6 Å². The van der Waals surface area contributed by atoms with Gasteiger partial charge in [0.1, 0.15) is 35.7 Å². The Bertz CT molecular complexity index is 2190. The van der Waals surface area contributed by atoms with E-state index in [0.717, 1.165) is 22.3 Å². The van der Waals surface area contributed by atoms with Gasteiger partial charge in [-0.3, -0.25) is 14.2 Å². The predicted octanol–water partition coefficient (Wildman–Crippen LogP) is 5.40. The summed E-state index contributed by atoms with van der Waals surface area (Å²) in [7, 11) is 1.53. The van der Waals surface area contributed by atoms with E-state index in [1.165, 1.54) is 42.1 Å². The third-order valence-electron chi connectivity index (χ3n) is 8.47. The van der Waals surface area contributed by atoms with Gasteiger partial charge in [0.2, 0.25) is 0 Å². The fraction of sp³-hybridized carbons (Fsp3) is 0.263. The van der Waals surface area contributed by atoms with Crippen LogP contribution in [0.25, 0.3) is 27.9 Å². The van der Waals surface area contributed by atoms with E-state index >= 15 is 4.39 Å². The van der Waals surface area contributed by atoms with Crippen LogP contribution in [-0.4, -0.2) is 59.5 Å². The first-order chi connectivity index (χ1) is 24.5. The maximum atomic E-state index is 15.7. The van der Waals surface area contributed by atoms with E-state index < -0.39 is 34.7 Å². The zero-order valence-corrected chi connectivity index (χ0v) is 28.2. The second-order valence-electron chi connectivity index (χ2n) is 12.3. The Kier molecular flexibility index (Phi) is 10.4. The molecule has 1 atom stereocenters. The molecule has 264 valence electrons. The van der Waals surface area contributed by atoms with Crippen molar-refractivity contribution in [3.8, 4) is 39.4 Å². The lowest BCUT2D eigenvalue weighted by atomic mass is 9.97. The van der Waals surface area contributed by atoms with Crippen LogP contribution in [0.1, 0.15) is 35.8 Å². The zero-order valence-electron chi connectivity index (χ0n) is 28.2. The Balaban J connectivity index is 1.25. The van der Waals surface area contributed by atoms with E-state index in [1.54, 1.807) is 44.3 Å². The molecule has 0 aliphatic carbocycles. The number of nitrogens with zero attached hydrogens (tertiary/aromatic N) is 3. The van der Waals surface area contributed by atoms with Gasteiger partial charge >= 0.3 is 5.69 Å². The largest absolute Gasteiger partial charge is 0.493 e. The molecule has 0 bridgehead atoms. The normalized spacial score (nSPS) is 14.4. The highest BCUT2D eigenvalue weighted by Crippen LogP contribution is 2.36. The van der Waals surface area contributed by atoms with Crippen molar-refractivity contribution in [3.63, 3.8) is 0 Å². The fourth-order valence-electron chi connectivity index (χ4n) is 5.75. The van der Waals surface area contributed by atoms with Crippen molar-refractivity contribution in [3.05, 3.63) is 123 Å². The topological polar surface area (TPSA) is 137 Å². The molecule has 3 heterocycles. The van der Waals surface area contributed by atoms with Crippen molar-refractivity contribution >= 4 is 11.6 Å². The first kappa shape index (κ1) is 35.2. The number of hydrogen-bond donors (Lipinski definition) is 1. The van der Waals surface area contributed by atoms with Crippen LogP contribution < -0.4 is 26.5 Å². The lowest BCUT2D eigenvalue weighted by molar-refractivity contribution is -0.101. The molecule has 2 N–H and O–H groups in total. The minimum Gasteiger partial charge on any atom is -0.493 e. The van der Waals surface area contributed by atoms with Crippen LogP contribution >= 0.6 is 0 Å². The highest BCUT2D eigenvalue weighted by molar-refractivity contribution is 5.97. The van der Waals surface area contributed by atoms with Gasteiger partial charge in [0, 0.05) is 41.5 Å². The first-order valence-corrected chi connectivity index (χ1v) is 16.3. The summed E-state index contributed by atoms with van der Waals surface area (Å²) in [6, 6.07) is 15.7. The molecule has 0 saturated carbocycles. The maximum Gasteiger partial charge on any atom is 0.335 e. The van der Waals surface area contributed by atoms with Crippen molar-refractivity contribution in [1.82, 2.24) is 14.1 Å². The van der Waals surface area contributed by atoms with Gasteiger partial charge < -0.3 is 24.7 Å². The molecule has 1 fully saturated rings. The average Bonchev–Trinajstić information content (AvgIpc) is 3.12. The molecular formula is C38H36F2N4O7. The van der Waals surface area contributed by atoms with Crippen molar-refractivity contribution in [2.75, 3.05) is 39.3 Å². The Morgan fingerprint density at radius 1 is 0.980 bits per heavy atom. The van der Waals surface area contributed by atoms with E-state index in [4.69, 9.17) is 24.7 Å². The number of hydrogen-bond acceptors (Lipinski definition) is 9. The number of halogens is 2. The predicted molar refractivity (Wildman–Crippen MR) is 187 cm³/mol. The summed E-state index contributed by atoms with van der Waals surface area (Å²) >= 11 is 0. The molecule has 1 saturated heterocycles. The number of ketones is 1. The number of nitrogen functional groups attached to an aromatic ring is 1. The van der Waals surface area contributed by atoms with Gasteiger partial charge in [-0.15, -0.1) is 0 Å². The van der Waals surface area contributed by atoms with Gasteiger partial charge in [0.25, 0.3) is 5.56 Å². The first-order valence-electron chi connectivity index (χ1n) is 16.3. The van der Waals surface area contributed by atoms with Crippen LogP contribution in [0.3, 0.4) is 0 Å². The smallest absolute Gasteiger partial charge is 0.335 e. The summed E-state index contributed by atoms with van der Waals surface area (Å²) in [5.74, 6) is -0.724. The Morgan fingerprint density at radius 3 is 2.45 bits per heavy atom. The highest BCUT2D eigenvalue weighted by Gasteiger charge is 2.22. The molecule has 2 aromatic heterocycles. The number of rotatable bonds is 11. The third kappa shape index (κ3) is 7.59. The molecule has 13 heteroatoms. The Hall–Kier alpha value is -5.66. The molecule has 0 spiro atoms. The number of nitrogens with two attached hydrogens (primary N) is 1. The van der Waals surface area contributed by atoms with E-state index in [1.807, 2.05) is 6.07 Å². The number of ether oxygens (including phenoxy) is 4. The van der Waals surface area contributed by atoms with E-state index in [-0.39, 0.29) is 35.2 Å². The van der Waals surface area contributed by atoms with Gasteiger partial charge in [-0.1, -0.05) is 18.2 Å². The second kappa shape index (κ2) is 15.1. The Labute approximate surface area is 291 Å². The average molecular weight is 699 g/mol. The number of anilines is 1. The number of pyridine rings is 1. The summed E-state index contributed by atoms with van der Waals surface area (Å²) in [5, 5.41) is 0. The molecule has 11 nitrogen and oxygen atoms in total. The maximum absolute atomic E-state index is 15.7. The summed E-state index contributed by atoms with van der Waals surface area (Å²) in [6.45, 7) is 5.26. The van der Waals surface area contributed by atoms with Crippen LogP contribution in [0.2, 0.25) is 0 Å². The number of carbonyl (C=O) groups excluding carboxylic acids is 1. The summed E-state index contributed by atoms with van der Waals surface area (Å²) in [4.78, 5) is 44.4. The quantitative estimate of drug-likeness (QED) is 0.180. The standard InChI is InChI=1S/C38H36F2N4O7/c1-22(2)43-19-31(37(46)44(38(43)47)27-8-6-26(39)7-9-27)33(45)15-23-4-10-29(32(40)14-23)30-16-25(18-42-36(30)41)24-5-11-34(35(17-24)48-3)51-21-28-20-49-12-13-50-28/h4-11,14,16-19,22,28H,12-13,15,20-21H2,1-3H3,(H2,41,42). The van der Waals surface area contributed by atoms with E-state index in [2.05, 4.69) is 4.98 Å². The van der Waals surface area contributed by atoms with Crippen LogP contribution in [0, 0.1) is 11.6 Å². The lowest BCUT2D eigenvalue weighted by Gasteiger charge is -2.23. The van der Waals surface area contributed by atoms with Gasteiger partial charge in [0.15, 0.2) is 17.3 Å². The number of methoxy groups -OCH3 is 1. The number of Topliss-reactive ketones (excluding diaryl/α,β-unsaturated/α-hetero) is 1. The molecule has 51 heavy (non-hydrogen) atoms. The lowest BCUT2D eigenvalue weighted by Crippen LogP contribution is -2.42. The molecule has 3 aromatic carbocycles. The molecule has 1 aliphatic rings. The number of carbonyl (C=O) groups is 1. The zero-order chi connectivity index (χ0) is 36.2. The second-order valence-corrected chi connectivity index (χ2v) is 12.3. The summed E-state index contributed by atoms with van der Waals surface area (Å²) < 4.78 is 54.0. The van der Waals surface area contributed by atoms with Crippen LogP contribution in [0.15, 0.2) is 88.7 Å². The molecule has 1 aliphatic heterocycles. The minimum absolute atomic E-state index is 0.0976. The van der Waals surface area contributed by atoms with Crippen molar-refractivity contribution < 1.29 is 32.5 Å². The van der Waals surface area contributed by atoms with Crippen molar-refractivity contribution in [2.45, 2.75) is 32.4 Å². The van der Waals surface area contributed by atoms with Gasteiger partial charge in [-0.05, 0) is 73.5 Å². The molecule has 6 rings (SSSR count). The minimum atomic E-state index is -0.856. The molecular weight excluding hydrogens is 662 g/mol. The Morgan fingerprint density at radius 2 is 1.76 bits per heavy atom. The monoisotopic (exact) mass is 698 g/mol. The molecule has 0 radical (unpaired) electrons. The van der Waals surface area contributed by atoms with E-state index in [9.17, 15) is 18.8 Å². The van der Waals surface area contributed by atoms with Crippen LogP contribution in [0.4, 0.5) is 14.6 Å². The van der Waals surface area contributed by atoms with E-state index in [0.29, 0.717) is 54.6 Å². The molecule has 5 aromatic rings. The van der Waals surface area contributed by atoms with Crippen LogP contribution in [-0.2, 0) is 15.9 Å². The van der Waals surface area contributed by atoms with Crippen molar-refractivity contribution in [1.29, 1.82) is 0 Å². The van der Waals surface area contributed by atoms with Crippen molar-refractivity contribution in [2.24, 2.45) is 0 Å². The van der Waals surface area contributed by atoms with Crippen LogP contribution in [0.5, 0.6) is 11.5 Å². The number of benzene rings is 3. The highest BCUT2D eigenvalue weighted by atomic mass is 19.1. The third-order valence-corrected chi connectivity index (χ3v) is 8.47. The SMILES string of the molecule is COc1cc(-c2cnc(N)c(-c3ccc(CC(=O)c4cn(C(C)C)c(=O)n(-c5ccc(F)cc5)c4=O)cc3F)c2)ccc1OCC1COCCO1. The van der Waals surface area contributed by atoms with Gasteiger partial charge in [-0.25, -0.2) is 23.1 Å².